The van der Waals surface area contributed by atoms with Crippen LogP contribution < -0.4 is 20.6 Å². The Kier molecular flexibility index (Phi) is 7.02. The number of nitrogens with two attached hydrogens (primary N) is 1. The predicted octanol–water partition coefficient (Wildman–Crippen LogP) is 3.58. The first-order chi connectivity index (χ1) is 12.5. The van der Waals surface area contributed by atoms with Crippen molar-refractivity contribution in [2.75, 3.05) is 13.2 Å². The molecular formula is C20H25N3O3. The summed E-state index contributed by atoms with van der Waals surface area (Å²) >= 11 is 0. The first-order valence-corrected chi connectivity index (χ1v) is 8.51. The largest absolute Gasteiger partial charge is 0.490 e. The van der Waals surface area contributed by atoms with E-state index >= 15 is 0 Å². The lowest BCUT2D eigenvalue weighted by Gasteiger charge is -2.15. The Morgan fingerprint density at radius 3 is 2.54 bits per heavy atom. The summed E-state index contributed by atoms with van der Waals surface area (Å²) in [5.74, 6) is 1.93. The molecule has 0 aromatic heterocycles. The van der Waals surface area contributed by atoms with Gasteiger partial charge in [-0.15, -0.1) is 0 Å². The van der Waals surface area contributed by atoms with Gasteiger partial charge in [-0.25, -0.2) is 10.2 Å². The van der Waals surface area contributed by atoms with Gasteiger partial charge in [-0.3, -0.25) is 0 Å². The minimum Gasteiger partial charge on any atom is -0.490 e. The average molecular weight is 355 g/mol. The zero-order valence-electron chi connectivity index (χ0n) is 15.4. The number of rotatable bonds is 8. The Morgan fingerprint density at radius 1 is 1.15 bits per heavy atom. The number of hydrogen-bond donors (Lipinski definition) is 2. The molecule has 6 heteroatoms. The number of benzene rings is 2. The summed E-state index contributed by atoms with van der Waals surface area (Å²) in [7, 11) is 0. The molecule has 0 spiro atoms. The Bertz CT molecular complexity index is 773. The number of aryl methyl sites for hydroxylation is 1. The van der Waals surface area contributed by atoms with E-state index in [1.54, 1.807) is 0 Å². The molecule has 2 rings (SSSR count). The highest BCUT2D eigenvalue weighted by atomic mass is 16.5. The van der Waals surface area contributed by atoms with E-state index in [0.717, 1.165) is 16.9 Å². The zero-order valence-corrected chi connectivity index (χ0v) is 15.4. The number of carbonyl (C=O) groups is 1. The molecular weight excluding hydrogens is 330 g/mol. The maximum absolute atomic E-state index is 10.7. The lowest BCUT2D eigenvalue weighted by Crippen LogP contribution is -2.24. The van der Waals surface area contributed by atoms with Crippen LogP contribution in [0.25, 0.3) is 0 Å². The van der Waals surface area contributed by atoms with E-state index in [1.807, 2.05) is 37.3 Å². The normalized spacial score (nSPS) is 10.9. The van der Waals surface area contributed by atoms with Gasteiger partial charge in [-0.1, -0.05) is 38.1 Å². The van der Waals surface area contributed by atoms with Crippen molar-refractivity contribution in [3.63, 3.8) is 0 Å². The lowest BCUT2D eigenvalue weighted by atomic mass is 10.0. The molecule has 0 unspecified atom stereocenters. The first-order valence-electron chi connectivity index (χ1n) is 8.51. The highest BCUT2D eigenvalue weighted by molar-refractivity contribution is 5.84. The van der Waals surface area contributed by atoms with E-state index < -0.39 is 6.03 Å². The van der Waals surface area contributed by atoms with Crippen LogP contribution in [0.3, 0.4) is 0 Å². The zero-order chi connectivity index (χ0) is 18.9. The molecule has 26 heavy (non-hydrogen) atoms. The van der Waals surface area contributed by atoms with Crippen molar-refractivity contribution in [3.05, 3.63) is 59.2 Å². The van der Waals surface area contributed by atoms with Crippen LogP contribution in [-0.2, 0) is 0 Å². The highest BCUT2D eigenvalue weighted by Crippen LogP contribution is 2.27. The van der Waals surface area contributed by atoms with E-state index in [1.165, 1.54) is 11.8 Å². The molecule has 0 heterocycles. The number of hydrazone groups is 1. The number of primary amides is 1. The summed E-state index contributed by atoms with van der Waals surface area (Å²) in [5.41, 5.74) is 10.2. The van der Waals surface area contributed by atoms with Crippen molar-refractivity contribution >= 4 is 12.2 Å². The summed E-state index contributed by atoms with van der Waals surface area (Å²) in [6, 6.07) is 12.9. The van der Waals surface area contributed by atoms with Gasteiger partial charge in [0.1, 0.15) is 24.7 Å². The molecule has 2 amide bonds. The minimum absolute atomic E-state index is 0.388. The molecule has 2 aromatic rings. The second kappa shape index (κ2) is 9.46. The molecule has 0 aliphatic carbocycles. The van der Waals surface area contributed by atoms with Crippen molar-refractivity contribution in [2.24, 2.45) is 10.8 Å². The molecule has 3 N–H and O–H groups in total. The number of amides is 2. The molecule has 0 saturated heterocycles. The van der Waals surface area contributed by atoms with Gasteiger partial charge in [-0.05, 0) is 42.2 Å². The van der Waals surface area contributed by atoms with Gasteiger partial charge in [0, 0.05) is 5.56 Å². The Hall–Kier alpha value is -3.02. The molecule has 0 fully saturated rings. The third-order valence-electron chi connectivity index (χ3n) is 3.69. The highest BCUT2D eigenvalue weighted by Gasteiger charge is 2.08. The van der Waals surface area contributed by atoms with Crippen molar-refractivity contribution in [1.29, 1.82) is 0 Å². The summed E-state index contributed by atoms with van der Waals surface area (Å²) in [5, 5.41) is 3.76. The molecule has 2 aromatic carbocycles. The summed E-state index contributed by atoms with van der Waals surface area (Å²) < 4.78 is 11.7. The first kappa shape index (κ1) is 19.3. The average Bonchev–Trinajstić information content (AvgIpc) is 2.59. The van der Waals surface area contributed by atoms with Crippen LogP contribution in [0.1, 0.15) is 36.5 Å². The lowest BCUT2D eigenvalue weighted by molar-refractivity contribution is 0.215. The van der Waals surface area contributed by atoms with Gasteiger partial charge in [-0.2, -0.15) is 5.10 Å². The number of nitrogens with one attached hydrogen (secondary N) is 1. The van der Waals surface area contributed by atoms with Gasteiger partial charge in [0.15, 0.2) is 0 Å². The van der Waals surface area contributed by atoms with Gasteiger partial charge >= 0.3 is 6.03 Å². The Morgan fingerprint density at radius 2 is 1.85 bits per heavy atom. The van der Waals surface area contributed by atoms with Crippen molar-refractivity contribution < 1.29 is 14.3 Å². The maximum atomic E-state index is 10.7. The molecule has 0 radical (unpaired) electrons. The van der Waals surface area contributed by atoms with E-state index in [0.29, 0.717) is 24.9 Å². The maximum Gasteiger partial charge on any atom is 0.332 e. The van der Waals surface area contributed by atoms with E-state index in [4.69, 9.17) is 15.2 Å². The number of carbonyl (C=O) groups excluding carboxylic acids is 1. The van der Waals surface area contributed by atoms with Crippen LogP contribution in [-0.4, -0.2) is 25.5 Å². The number of ether oxygens (including phenoxy) is 2. The van der Waals surface area contributed by atoms with Crippen molar-refractivity contribution in [2.45, 2.75) is 26.7 Å². The van der Waals surface area contributed by atoms with E-state index in [-0.39, 0.29) is 0 Å². The second-order valence-electron chi connectivity index (χ2n) is 6.16. The predicted molar refractivity (Wildman–Crippen MR) is 103 cm³/mol. The van der Waals surface area contributed by atoms with Crippen LogP contribution in [0.2, 0.25) is 0 Å². The van der Waals surface area contributed by atoms with Gasteiger partial charge in [0.2, 0.25) is 0 Å². The summed E-state index contributed by atoms with van der Waals surface area (Å²) in [4.78, 5) is 10.7. The molecule has 6 nitrogen and oxygen atoms in total. The fraction of sp³-hybridized carbons (Fsp3) is 0.300. The molecule has 0 atom stereocenters. The summed E-state index contributed by atoms with van der Waals surface area (Å²) in [6.45, 7) is 7.14. The molecule has 0 aliphatic heterocycles. The molecule has 0 saturated carbocycles. The van der Waals surface area contributed by atoms with Crippen LogP contribution >= 0.6 is 0 Å². The number of para-hydroxylation sites is 1. The minimum atomic E-state index is -0.716. The SMILES string of the molecule is Cc1ccc(C(C)C)c(OCCOc2ccccc2/C=N/NC(N)=O)c1. The number of urea groups is 1. The topological polar surface area (TPSA) is 85.9 Å². The fourth-order valence-corrected chi connectivity index (χ4v) is 2.43. The third kappa shape index (κ3) is 5.81. The number of hydrogen-bond acceptors (Lipinski definition) is 4. The van der Waals surface area contributed by atoms with Gasteiger partial charge in [0.25, 0.3) is 0 Å². The Labute approximate surface area is 154 Å². The van der Waals surface area contributed by atoms with E-state index in [2.05, 4.69) is 36.5 Å². The number of nitrogens with zero attached hydrogens (tertiary/aromatic N) is 1. The Balaban J connectivity index is 1.94. The van der Waals surface area contributed by atoms with Crippen molar-refractivity contribution in [3.8, 4) is 11.5 Å². The third-order valence-corrected chi connectivity index (χ3v) is 3.69. The van der Waals surface area contributed by atoms with E-state index in [9.17, 15) is 4.79 Å². The van der Waals surface area contributed by atoms with Crippen molar-refractivity contribution in [1.82, 2.24) is 5.43 Å². The fourth-order valence-electron chi connectivity index (χ4n) is 2.43. The monoisotopic (exact) mass is 355 g/mol. The standard InChI is InChI=1S/C20H25N3O3/c1-14(2)17-9-8-15(3)12-19(17)26-11-10-25-18-7-5-4-6-16(18)13-22-23-20(21)24/h4-9,12-14H,10-11H2,1-3H3,(H3,21,23,24)/b22-13+. The quantitative estimate of drug-likeness (QED) is 0.431. The van der Waals surface area contributed by atoms with Crippen LogP contribution in [0.15, 0.2) is 47.6 Å². The van der Waals surface area contributed by atoms with Crippen LogP contribution in [0, 0.1) is 6.92 Å². The second-order valence-corrected chi connectivity index (χ2v) is 6.16. The van der Waals surface area contributed by atoms with Crippen LogP contribution in [0.5, 0.6) is 11.5 Å². The van der Waals surface area contributed by atoms with Gasteiger partial charge < -0.3 is 15.2 Å². The van der Waals surface area contributed by atoms with Crippen LogP contribution in [0.4, 0.5) is 4.79 Å². The smallest absolute Gasteiger partial charge is 0.332 e. The van der Waals surface area contributed by atoms with Gasteiger partial charge in [0.05, 0.1) is 6.21 Å². The molecule has 0 bridgehead atoms. The molecule has 0 aliphatic rings. The molecule has 138 valence electrons. The summed E-state index contributed by atoms with van der Waals surface area (Å²) in [6.07, 6.45) is 1.48.